The molecule has 0 spiro atoms. The first-order valence-corrected chi connectivity index (χ1v) is 21.9. The van der Waals surface area contributed by atoms with Gasteiger partial charge in [0.05, 0.1) is 33.5 Å². The Labute approximate surface area is 374 Å². The van der Waals surface area contributed by atoms with Gasteiger partial charge < -0.3 is 4.90 Å². The zero-order valence-electron chi connectivity index (χ0n) is 35.1. The van der Waals surface area contributed by atoms with Crippen LogP contribution in [0.5, 0.6) is 0 Å². The molecule has 65 heavy (non-hydrogen) atoms. The molecule has 0 aliphatic rings. The summed E-state index contributed by atoms with van der Waals surface area (Å²) in [7, 11) is 0. The highest BCUT2D eigenvalue weighted by atomic mass is 15.1. The van der Waals surface area contributed by atoms with Gasteiger partial charge in [-0.05, 0) is 153 Å². The number of pyridine rings is 4. The molecule has 13 rings (SSSR count). The van der Waals surface area contributed by atoms with Gasteiger partial charge in [0, 0.05) is 62.1 Å². The summed E-state index contributed by atoms with van der Waals surface area (Å²) in [6, 6.07) is 75.9. The monoisotopic (exact) mass is 827 g/mol. The summed E-state index contributed by atoms with van der Waals surface area (Å²) >= 11 is 0. The van der Waals surface area contributed by atoms with Crippen molar-refractivity contribution in [3.63, 3.8) is 0 Å². The average molecular weight is 828 g/mol. The number of anilines is 3. The lowest BCUT2D eigenvalue weighted by Crippen LogP contribution is -2.10. The Hall–Kier alpha value is -8.80. The number of fused-ring (bicyclic) bond motifs is 10. The molecule has 0 aliphatic heterocycles. The number of rotatable bonds is 6. The molecule has 0 bridgehead atoms. The molecule has 5 heteroatoms. The minimum absolute atomic E-state index is 0.927. The Morgan fingerprint density at radius 1 is 0.262 bits per heavy atom. The number of hydrogen-bond donors (Lipinski definition) is 0. The lowest BCUT2D eigenvalue weighted by Gasteiger charge is -2.26. The van der Waals surface area contributed by atoms with E-state index in [1.807, 2.05) is 36.7 Å². The van der Waals surface area contributed by atoms with E-state index in [9.17, 15) is 0 Å². The molecule has 0 radical (unpaired) electrons. The van der Waals surface area contributed by atoms with Crippen molar-refractivity contribution in [3.05, 3.63) is 225 Å². The van der Waals surface area contributed by atoms with Crippen LogP contribution in [0.2, 0.25) is 0 Å². The van der Waals surface area contributed by atoms with Gasteiger partial charge in [-0.15, -0.1) is 0 Å². The molecule has 9 aromatic carbocycles. The summed E-state index contributed by atoms with van der Waals surface area (Å²) in [5, 5.41) is 11.8. The van der Waals surface area contributed by atoms with Crippen molar-refractivity contribution in [2.24, 2.45) is 0 Å². The second-order valence-electron chi connectivity index (χ2n) is 16.7. The van der Waals surface area contributed by atoms with Crippen molar-refractivity contribution in [1.29, 1.82) is 0 Å². The average Bonchev–Trinajstić information content (AvgIpc) is 3.38. The van der Waals surface area contributed by atoms with Crippen LogP contribution in [0, 0.1) is 0 Å². The van der Waals surface area contributed by atoms with E-state index in [0.29, 0.717) is 0 Å². The normalized spacial score (nSPS) is 11.7. The van der Waals surface area contributed by atoms with Gasteiger partial charge in [-0.25, -0.2) is 9.97 Å². The molecule has 0 atom stereocenters. The largest absolute Gasteiger partial charge is 0.310 e. The molecular formula is C60H37N5. The molecule has 4 heterocycles. The van der Waals surface area contributed by atoms with Gasteiger partial charge in [0.25, 0.3) is 0 Å². The molecule has 0 unspecified atom stereocenters. The summed E-state index contributed by atoms with van der Waals surface area (Å²) < 4.78 is 0. The maximum Gasteiger partial charge on any atom is 0.0717 e. The van der Waals surface area contributed by atoms with Crippen molar-refractivity contribution < 1.29 is 0 Å². The van der Waals surface area contributed by atoms with E-state index in [-0.39, 0.29) is 0 Å². The van der Waals surface area contributed by atoms with Gasteiger partial charge in [0.15, 0.2) is 0 Å². The quantitative estimate of drug-likeness (QED) is 0.156. The van der Waals surface area contributed by atoms with Gasteiger partial charge in [0.1, 0.15) is 0 Å². The first kappa shape index (κ1) is 36.8. The summed E-state index contributed by atoms with van der Waals surface area (Å²) in [6.45, 7) is 0. The van der Waals surface area contributed by atoms with Crippen LogP contribution >= 0.6 is 0 Å². The second-order valence-corrected chi connectivity index (χ2v) is 16.7. The van der Waals surface area contributed by atoms with Crippen molar-refractivity contribution in [3.8, 4) is 33.6 Å². The smallest absolute Gasteiger partial charge is 0.0717 e. The summed E-state index contributed by atoms with van der Waals surface area (Å²) in [6.07, 6.45) is 3.67. The van der Waals surface area contributed by atoms with E-state index in [4.69, 9.17) is 9.97 Å². The van der Waals surface area contributed by atoms with Crippen LogP contribution in [0.4, 0.5) is 17.1 Å². The maximum absolute atomic E-state index is 5.10. The van der Waals surface area contributed by atoms with Crippen LogP contribution in [-0.4, -0.2) is 19.9 Å². The molecule has 0 saturated carbocycles. The van der Waals surface area contributed by atoms with Crippen LogP contribution in [0.15, 0.2) is 225 Å². The van der Waals surface area contributed by atoms with Crippen LogP contribution in [0.25, 0.3) is 110 Å². The fraction of sp³-hybridized carbons (Fsp3) is 0. The molecule has 0 N–H and O–H groups in total. The predicted molar refractivity (Wildman–Crippen MR) is 271 cm³/mol. The lowest BCUT2D eigenvalue weighted by molar-refractivity contribution is 1.28. The molecule has 0 amide bonds. The van der Waals surface area contributed by atoms with Gasteiger partial charge in [-0.1, -0.05) is 103 Å². The van der Waals surface area contributed by atoms with E-state index in [1.54, 1.807) is 0 Å². The Morgan fingerprint density at radius 2 is 0.692 bits per heavy atom. The predicted octanol–water partition coefficient (Wildman–Crippen LogP) is 15.8. The van der Waals surface area contributed by atoms with Crippen molar-refractivity contribution >= 4 is 93.0 Å². The molecule has 0 aliphatic carbocycles. The van der Waals surface area contributed by atoms with E-state index in [1.165, 1.54) is 43.4 Å². The fourth-order valence-corrected chi connectivity index (χ4v) is 9.61. The number of hydrogen-bond acceptors (Lipinski definition) is 5. The Balaban J connectivity index is 0.882. The molecule has 5 nitrogen and oxygen atoms in total. The first-order chi connectivity index (χ1) is 32.2. The SMILES string of the molecule is c1ccc2cc(-c3ccc4c(ccc5cc(N(c6ccc(-c7ccc8c(ccc9ncccc98)n7)cc6)c6ccc(-c7ccc8c(ccc9ncccc98)n7)cc6)ccc54)c3)ccc2c1. The van der Waals surface area contributed by atoms with Gasteiger partial charge >= 0.3 is 0 Å². The molecule has 0 saturated heterocycles. The second kappa shape index (κ2) is 14.9. The van der Waals surface area contributed by atoms with E-state index in [2.05, 4.69) is 203 Å². The third kappa shape index (κ3) is 6.40. The third-order valence-corrected chi connectivity index (χ3v) is 12.9. The summed E-state index contributed by atoms with van der Waals surface area (Å²) in [4.78, 5) is 21.6. The van der Waals surface area contributed by atoms with Crippen molar-refractivity contribution in [2.75, 3.05) is 4.90 Å². The highest BCUT2D eigenvalue weighted by molar-refractivity contribution is 6.10. The Morgan fingerprint density at radius 3 is 1.29 bits per heavy atom. The standard InChI is InChI=1S/C60H37N5/c1-2-6-41-35-42(10-9-38(41)5-1)43-17-23-49-44(36-43)11-12-45-37-48(22-24-50(45)49)65(46-18-13-39(14-19-46)55-27-25-53-51-7-3-33-61-57(51)29-31-59(53)63-55)47-20-15-40(16-21-47)56-28-26-54-52-8-4-34-62-58(52)30-32-60(54)64-56/h1-37H. The fourth-order valence-electron chi connectivity index (χ4n) is 9.61. The van der Waals surface area contributed by atoms with Crippen molar-refractivity contribution in [1.82, 2.24) is 19.9 Å². The maximum atomic E-state index is 5.10. The van der Waals surface area contributed by atoms with E-state index in [0.717, 1.165) is 83.2 Å². The van der Waals surface area contributed by atoms with Crippen molar-refractivity contribution in [2.45, 2.75) is 0 Å². The third-order valence-electron chi connectivity index (χ3n) is 12.9. The molecule has 4 aromatic heterocycles. The number of benzene rings is 9. The zero-order valence-corrected chi connectivity index (χ0v) is 35.1. The number of aromatic nitrogens is 4. The topological polar surface area (TPSA) is 54.8 Å². The Kier molecular flexibility index (Phi) is 8.46. The minimum atomic E-state index is 0.927. The zero-order chi connectivity index (χ0) is 42.8. The van der Waals surface area contributed by atoms with Gasteiger partial charge in [0.2, 0.25) is 0 Å². The minimum Gasteiger partial charge on any atom is -0.310 e. The molecule has 0 fully saturated rings. The Bertz CT molecular complexity index is 3850. The number of nitrogens with zero attached hydrogens (tertiary/aromatic N) is 5. The van der Waals surface area contributed by atoms with Gasteiger partial charge in [-0.2, -0.15) is 0 Å². The molecule has 13 aromatic rings. The lowest BCUT2D eigenvalue weighted by atomic mass is 9.96. The molecular weight excluding hydrogens is 791 g/mol. The summed E-state index contributed by atoms with van der Waals surface area (Å²) in [5.41, 5.74) is 13.4. The van der Waals surface area contributed by atoms with Crippen LogP contribution in [-0.2, 0) is 0 Å². The van der Waals surface area contributed by atoms with Crippen LogP contribution in [0.3, 0.4) is 0 Å². The van der Waals surface area contributed by atoms with Gasteiger partial charge in [-0.3, -0.25) is 9.97 Å². The molecule has 302 valence electrons. The first-order valence-electron chi connectivity index (χ1n) is 21.9. The van der Waals surface area contributed by atoms with Crippen LogP contribution in [0.1, 0.15) is 0 Å². The highest BCUT2D eigenvalue weighted by Crippen LogP contribution is 2.40. The van der Waals surface area contributed by atoms with E-state index < -0.39 is 0 Å². The summed E-state index contributed by atoms with van der Waals surface area (Å²) in [5.74, 6) is 0. The van der Waals surface area contributed by atoms with E-state index >= 15 is 0 Å². The highest BCUT2D eigenvalue weighted by Gasteiger charge is 2.16. The van der Waals surface area contributed by atoms with Crippen LogP contribution < -0.4 is 4.90 Å².